The van der Waals surface area contributed by atoms with E-state index in [2.05, 4.69) is 34.1 Å². The lowest BCUT2D eigenvalue weighted by Gasteiger charge is -2.22. The number of guanidine groups is 1. The van der Waals surface area contributed by atoms with Crippen LogP contribution in [0.2, 0.25) is 0 Å². The number of allylic oxidation sites excluding steroid dienone is 1. The van der Waals surface area contributed by atoms with Crippen molar-refractivity contribution in [1.29, 1.82) is 0 Å². The van der Waals surface area contributed by atoms with Crippen LogP contribution in [0.5, 0.6) is 0 Å². The Bertz CT molecular complexity index is 2270. The molecule has 0 saturated heterocycles. The number of hydrogen-bond acceptors (Lipinski definition) is 9. The van der Waals surface area contributed by atoms with Crippen LogP contribution in [0.4, 0.5) is 0 Å². The Labute approximate surface area is 331 Å². The Morgan fingerprint density at radius 2 is 1.77 bits per heavy atom. The van der Waals surface area contributed by atoms with Crippen LogP contribution in [0.1, 0.15) is 109 Å². The van der Waals surface area contributed by atoms with E-state index in [1.54, 1.807) is 6.92 Å². The molecule has 57 heavy (non-hydrogen) atoms. The molecule has 15 heteroatoms. The molecule has 15 nitrogen and oxygen atoms in total. The van der Waals surface area contributed by atoms with Crippen LogP contribution >= 0.6 is 0 Å². The number of carbonyl (C=O) groups is 5. The lowest BCUT2D eigenvalue weighted by atomic mass is 9.83. The van der Waals surface area contributed by atoms with Crippen LogP contribution in [0, 0.1) is 43.4 Å². The van der Waals surface area contributed by atoms with E-state index in [1.807, 2.05) is 32.9 Å². The third-order valence-electron chi connectivity index (χ3n) is 12.4. The zero-order valence-corrected chi connectivity index (χ0v) is 33.7. The zero-order chi connectivity index (χ0) is 41.5. The van der Waals surface area contributed by atoms with Crippen molar-refractivity contribution in [2.24, 2.45) is 56.0 Å². The minimum absolute atomic E-state index is 0.0420. The third kappa shape index (κ3) is 7.75. The lowest BCUT2D eigenvalue weighted by Crippen LogP contribution is -2.41. The molecule has 0 aromatic carbocycles. The van der Waals surface area contributed by atoms with Gasteiger partial charge in [0, 0.05) is 76.3 Å². The molecule has 3 aliphatic heterocycles. The largest absolute Gasteiger partial charge is 0.480 e. The number of aromatic amines is 2. The number of aromatic nitrogens is 2. The van der Waals surface area contributed by atoms with E-state index < -0.39 is 35.7 Å². The molecule has 8 N–H and O–H groups in total. The van der Waals surface area contributed by atoms with E-state index in [-0.39, 0.29) is 60.6 Å². The highest BCUT2D eigenvalue weighted by atomic mass is 16.5. The summed E-state index contributed by atoms with van der Waals surface area (Å²) in [5, 5.41) is 13.9. The van der Waals surface area contributed by atoms with Gasteiger partial charge in [-0.25, -0.2) is 4.79 Å². The summed E-state index contributed by atoms with van der Waals surface area (Å²) >= 11 is 0. The van der Waals surface area contributed by atoms with E-state index in [0.717, 1.165) is 29.0 Å². The first-order valence-electron chi connectivity index (χ1n) is 19.8. The molecule has 0 fully saturated rings. The second-order valence-corrected chi connectivity index (χ2v) is 15.8. The Morgan fingerprint density at radius 1 is 1.05 bits per heavy atom. The van der Waals surface area contributed by atoms with Crippen molar-refractivity contribution in [2.45, 2.75) is 98.6 Å². The van der Waals surface area contributed by atoms with E-state index >= 15 is 0 Å². The second-order valence-electron chi connectivity index (χ2n) is 15.8. The summed E-state index contributed by atoms with van der Waals surface area (Å²) in [4.78, 5) is 87.9. The van der Waals surface area contributed by atoms with Gasteiger partial charge in [0.2, 0.25) is 5.91 Å². The van der Waals surface area contributed by atoms with Gasteiger partial charge in [-0.2, -0.15) is 0 Å². The highest BCUT2D eigenvalue weighted by molar-refractivity contribution is 6.25. The monoisotopic (exact) mass is 782 g/mol. The molecule has 0 spiro atoms. The summed E-state index contributed by atoms with van der Waals surface area (Å²) in [5.41, 5.74) is 17.1. The number of unbranched alkanes of at least 4 members (excludes halogenated alkanes) is 1. The number of ether oxygens (including phenoxy) is 1. The lowest BCUT2D eigenvalue weighted by molar-refractivity contribution is -0.142. The zero-order valence-electron chi connectivity index (χ0n) is 33.7. The Hall–Kier alpha value is -5.60. The minimum Gasteiger partial charge on any atom is -0.480 e. The quantitative estimate of drug-likeness (QED) is 0.0436. The van der Waals surface area contributed by atoms with E-state index in [1.165, 1.54) is 7.11 Å². The standard InChI is InChI=1S/C42H54N8O7/c1-8-23-18(2)26-17-31-33(22(6)51)20(4)28(47-31)15-27-19(3)24(12-13-32(52)48-25(40(54)55)11-9-10-14-45-42(43)44)37(49-27)35-36(41(56)57-7)39(53)34-21(5)29(50-38(34)35)16-30(23)46-26/h15,17-19,23-25,30,36,47,50H,8-14,16H2,1-7H3,(H,48,52)(H,54,55)(H4,43,44,45)/b28-15?,31-17?,37-35-/t18-,19+,23-,24+,25+,30?,36?/m1/s1. The van der Waals surface area contributed by atoms with Crippen LogP contribution in [-0.4, -0.2) is 87.6 Å². The normalized spacial score (nSPS) is 25.2. The number of aliphatic carboxylic acids is 1. The number of amides is 1. The fraction of sp³-hybridized carbons (Fsp3) is 0.524. The molecule has 1 aliphatic carbocycles. The van der Waals surface area contributed by atoms with Gasteiger partial charge in [0.05, 0.1) is 29.9 Å². The second kappa shape index (κ2) is 16.5. The SMILES string of the molecule is CC[C@H]1C2Cc3[nH]c4c(c3C)C(=O)C(C(=O)OC)/C4=C3/N=C(C=c4[nH]c(c(C(C)=O)c4C)=CC(=N2)[C@@H]1C)[C@@H](C)[C@@H]3CCC(=O)N[C@@H](CCCCN=C(N)N)C(=O)O. The van der Waals surface area contributed by atoms with Crippen LogP contribution in [0.15, 0.2) is 20.7 Å². The van der Waals surface area contributed by atoms with Crippen LogP contribution in [-0.2, 0) is 25.5 Å². The molecule has 2 unspecified atom stereocenters. The number of aliphatic imine (C=N–C) groups is 3. The first kappa shape index (κ1) is 41.0. The summed E-state index contributed by atoms with van der Waals surface area (Å²) < 4.78 is 5.22. The van der Waals surface area contributed by atoms with Crippen LogP contribution in [0.25, 0.3) is 17.7 Å². The summed E-state index contributed by atoms with van der Waals surface area (Å²) in [6.45, 7) is 12.0. The van der Waals surface area contributed by atoms with Crippen molar-refractivity contribution in [3.63, 3.8) is 0 Å². The van der Waals surface area contributed by atoms with Gasteiger partial charge in [0.15, 0.2) is 17.5 Å². The summed E-state index contributed by atoms with van der Waals surface area (Å²) in [7, 11) is 1.25. The average Bonchev–Trinajstić information content (AvgIpc) is 3.90. The number of esters is 1. The number of H-pyrrole nitrogens is 2. The number of methoxy groups -OCH3 is 1. The van der Waals surface area contributed by atoms with Crippen molar-refractivity contribution >= 4 is 64.5 Å². The van der Waals surface area contributed by atoms with Gasteiger partial charge < -0.3 is 36.6 Å². The Balaban J connectivity index is 1.46. The number of Topliss-reactive ketones (excluding diaryl/α,β-unsaturated/α-hetero) is 2. The molecule has 2 aromatic heterocycles. The van der Waals surface area contributed by atoms with Crippen molar-refractivity contribution in [3.05, 3.63) is 50.0 Å². The smallest absolute Gasteiger partial charge is 0.326 e. The van der Waals surface area contributed by atoms with Gasteiger partial charge in [0.25, 0.3) is 0 Å². The number of ketones is 2. The first-order chi connectivity index (χ1) is 27.1. The molecule has 5 heterocycles. The van der Waals surface area contributed by atoms with E-state index in [0.29, 0.717) is 70.3 Å². The summed E-state index contributed by atoms with van der Waals surface area (Å²) in [5.74, 6) is -4.50. The molecule has 1 amide bonds. The number of carboxylic acids is 1. The van der Waals surface area contributed by atoms with Crippen molar-refractivity contribution in [2.75, 3.05) is 13.7 Å². The number of rotatable bonds is 13. The number of nitrogens with one attached hydrogen (secondary N) is 3. The van der Waals surface area contributed by atoms with Crippen LogP contribution < -0.4 is 27.5 Å². The predicted octanol–water partition coefficient (Wildman–Crippen LogP) is 2.66. The number of carboxylic acid groups (broad SMARTS) is 1. The maximum atomic E-state index is 14.3. The van der Waals surface area contributed by atoms with Gasteiger partial charge >= 0.3 is 11.9 Å². The van der Waals surface area contributed by atoms with Gasteiger partial charge in [-0.05, 0) is 75.7 Å². The topological polar surface area (TPSA) is 248 Å². The first-order valence-corrected chi connectivity index (χ1v) is 19.8. The molecular formula is C42H54N8O7. The molecule has 0 radical (unpaired) electrons. The van der Waals surface area contributed by atoms with Crippen molar-refractivity contribution in [1.82, 2.24) is 15.3 Å². The van der Waals surface area contributed by atoms with E-state index in [9.17, 15) is 29.1 Å². The number of nitrogens with two attached hydrogens (primary N) is 2. The molecule has 8 bridgehead atoms. The highest BCUT2D eigenvalue weighted by Gasteiger charge is 2.49. The minimum atomic E-state index is -1.27. The van der Waals surface area contributed by atoms with Gasteiger partial charge in [-0.1, -0.05) is 27.2 Å². The predicted molar refractivity (Wildman–Crippen MR) is 217 cm³/mol. The van der Waals surface area contributed by atoms with Crippen molar-refractivity contribution < 1.29 is 33.8 Å². The fourth-order valence-corrected chi connectivity index (χ4v) is 9.25. The number of fused-ring (bicyclic) bond motifs is 5. The van der Waals surface area contributed by atoms with E-state index in [4.69, 9.17) is 26.2 Å². The Morgan fingerprint density at radius 3 is 2.42 bits per heavy atom. The number of carbonyl (C=O) groups excluding carboxylic acids is 4. The Kier molecular flexibility index (Phi) is 11.9. The third-order valence-corrected chi connectivity index (χ3v) is 12.4. The molecule has 4 aliphatic rings. The molecular weight excluding hydrogens is 729 g/mol. The molecule has 304 valence electrons. The molecule has 7 atom stereocenters. The number of hydrogen-bond donors (Lipinski definition) is 6. The maximum absolute atomic E-state index is 14.3. The van der Waals surface area contributed by atoms with Gasteiger partial charge in [0.1, 0.15) is 12.0 Å². The maximum Gasteiger partial charge on any atom is 0.326 e. The van der Waals surface area contributed by atoms with Crippen LogP contribution in [0.3, 0.4) is 0 Å². The average molecular weight is 783 g/mol. The van der Waals surface area contributed by atoms with Gasteiger partial charge in [-0.3, -0.25) is 34.2 Å². The summed E-state index contributed by atoms with van der Waals surface area (Å²) in [6.07, 6.45) is 6.72. The molecule has 0 saturated carbocycles. The summed E-state index contributed by atoms with van der Waals surface area (Å²) in [6, 6.07) is -1.20. The fourth-order valence-electron chi connectivity index (χ4n) is 9.25. The number of nitrogens with zero attached hydrogens (tertiary/aromatic N) is 3. The molecule has 2 aromatic rings. The molecule has 6 rings (SSSR count). The van der Waals surface area contributed by atoms with Gasteiger partial charge in [-0.15, -0.1) is 0 Å². The highest BCUT2D eigenvalue weighted by Crippen LogP contribution is 2.48. The van der Waals surface area contributed by atoms with Crippen molar-refractivity contribution in [3.8, 4) is 0 Å².